The van der Waals surface area contributed by atoms with Gasteiger partial charge in [-0.05, 0) is 26.0 Å². The van der Waals surface area contributed by atoms with Gasteiger partial charge in [0.25, 0.3) is 5.91 Å². The summed E-state index contributed by atoms with van der Waals surface area (Å²) in [4.78, 5) is 22.3. The van der Waals surface area contributed by atoms with E-state index in [4.69, 9.17) is 0 Å². The van der Waals surface area contributed by atoms with E-state index < -0.39 is 35.4 Å². The molecule has 0 aromatic carbocycles. The minimum atomic E-state index is -4.90. The summed E-state index contributed by atoms with van der Waals surface area (Å²) >= 11 is 0. The molecule has 29 heavy (non-hydrogen) atoms. The third-order valence-corrected chi connectivity index (χ3v) is 5.11. The second-order valence-corrected chi connectivity index (χ2v) is 7.27. The molecule has 1 aliphatic rings. The molecule has 0 radical (unpaired) electrons. The van der Waals surface area contributed by atoms with Crippen molar-refractivity contribution < 1.29 is 27.5 Å². The molecule has 0 saturated heterocycles. The van der Waals surface area contributed by atoms with E-state index in [0.29, 0.717) is 18.3 Å². The third-order valence-electron chi connectivity index (χ3n) is 5.11. The van der Waals surface area contributed by atoms with Crippen molar-refractivity contribution in [2.75, 3.05) is 6.54 Å². The summed E-state index contributed by atoms with van der Waals surface area (Å²) in [5, 5.41) is 10.0. The number of fused-ring (bicyclic) bond motifs is 2. The fourth-order valence-corrected chi connectivity index (χ4v) is 3.58. The maximum atomic E-state index is 13.6. The van der Waals surface area contributed by atoms with Gasteiger partial charge < -0.3 is 14.6 Å². The summed E-state index contributed by atoms with van der Waals surface area (Å²) in [6.07, 6.45) is -1.21. The number of pyridine rings is 1. The molecule has 0 unspecified atom stereocenters. The van der Waals surface area contributed by atoms with Crippen molar-refractivity contribution in [2.45, 2.75) is 38.2 Å². The Morgan fingerprint density at radius 2 is 1.97 bits per heavy atom. The largest absolute Gasteiger partial charge is 0.424 e. The molecule has 1 amide bonds. The fraction of sp³-hybridized carbons (Fsp3) is 0.389. The topological polar surface area (TPSA) is 75.7 Å². The first-order chi connectivity index (χ1) is 13.5. The Kier molecular flexibility index (Phi) is 4.19. The highest BCUT2D eigenvalue weighted by molar-refractivity contribution is 5.93. The maximum Gasteiger partial charge on any atom is 0.424 e. The minimum Gasteiger partial charge on any atom is -0.374 e. The van der Waals surface area contributed by atoms with E-state index in [2.05, 4.69) is 9.97 Å². The second-order valence-electron chi connectivity index (χ2n) is 7.27. The zero-order valence-corrected chi connectivity index (χ0v) is 15.5. The number of alkyl halides is 3. The van der Waals surface area contributed by atoms with Crippen LogP contribution in [0.25, 0.3) is 5.65 Å². The lowest BCUT2D eigenvalue weighted by molar-refractivity contribution is -0.263. The van der Waals surface area contributed by atoms with Crippen molar-refractivity contribution in [3.05, 3.63) is 53.8 Å². The van der Waals surface area contributed by atoms with Crippen LogP contribution in [-0.4, -0.2) is 47.6 Å². The van der Waals surface area contributed by atoms with Crippen molar-refractivity contribution in [3.8, 4) is 0 Å². The predicted octanol–water partition coefficient (Wildman–Crippen LogP) is 2.66. The highest BCUT2D eigenvalue weighted by atomic mass is 19.4. The van der Waals surface area contributed by atoms with Crippen LogP contribution in [0.3, 0.4) is 0 Å². The number of aromatic nitrogens is 4. The summed E-state index contributed by atoms with van der Waals surface area (Å²) in [7, 11) is 0. The van der Waals surface area contributed by atoms with Gasteiger partial charge in [0.15, 0.2) is 5.82 Å². The van der Waals surface area contributed by atoms with Crippen LogP contribution in [0.1, 0.15) is 41.9 Å². The number of aliphatic hydroxyl groups is 1. The number of halogens is 4. The van der Waals surface area contributed by atoms with E-state index in [9.17, 15) is 27.5 Å². The quantitative estimate of drug-likeness (QED) is 0.658. The molecule has 0 saturated carbocycles. The number of amides is 1. The van der Waals surface area contributed by atoms with Gasteiger partial charge in [-0.3, -0.25) is 9.20 Å². The van der Waals surface area contributed by atoms with Gasteiger partial charge in [0.05, 0.1) is 30.7 Å². The molecule has 0 spiro atoms. The Morgan fingerprint density at radius 1 is 1.24 bits per heavy atom. The van der Waals surface area contributed by atoms with E-state index >= 15 is 0 Å². The first kappa shape index (κ1) is 19.4. The molecule has 154 valence electrons. The molecule has 4 heterocycles. The summed E-state index contributed by atoms with van der Waals surface area (Å²) < 4.78 is 56.0. The summed E-state index contributed by atoms with van der Waals surface area (Å²) in [6, 6.07) is 2.10. The van der Waals surface area contributed by atoms with E-state index in [1.165, 1.54) is 38.4 Å². The highest BCUT2D eigenvalue weighted by Crippen LogP contribution is 2.40. The molecule has 3 aromatic heterocycles. The zero-order valence-electron chi connectivity index (χ0n) is 15.5. The molecule has 2 atom stereocenters. The van der Waals surface area contributed by atoms with Crippen LogP contribution in [0.5, 0.6) is 0 Å². The van der Waals surface area contributed by atoms with Crippen LogP contribution in [-0.2, 0) is 12.1 Å². The Hall–Kier alpha value is -2.95. The van der Waals surface area contributed by atoms with Gasteiger partial charge in [0.1, 0.15) is 17.2 Å². The molecule has 0 bridgehead atoms. The van der Waals surface area contributed by atoms with Crippen LogP contribution in [0, 0.1) is 5.82 Å². The molecule has 3 aromatic rings. The number of hydrogen-bond acceptors (Lipinski definition) is 4. The molecular formula is C18H17F4N5O2. The van der Waals surface area contributed by atoms with Crippen LogP contribution in [0.2, 0.25) is 0 Å². The van der Waals surface area contributed by atoms with E-state index in [-0.39, 0.29) is 18.8 Å². The second kappa shape index (κ2) is 6.28. The molecular weight excluding hydrogens is 394 g/mol. The average Bonchev–Trinajstić information content (AvgIpc) is 3.24. The fourth-order valence-electron chi connectivity index (χ4n) is 3.58. The molecule has 0 fully saturated rings. The lowest BCUT2D eigenvalue weighted by Gasteiger charge is -2.36. The predicted molar refractivity (Wildman–Crippen MR) is 92.5 cm³/mol. The number of imidazole rings is 2. The molecule has 0 aliphatic carbocycles. The van der Waals surface area contributed by atoms with E-state index in [0.717, 1.165) is 6.20 Å². The van der Waals surface area contributed by atoms with Crippen molar-refractivity contribution in [1.29, 1.82) is 0 Å². The van der Waals surface area contributed by atoms with Gasteiger partial charge in [0, 0.05) is 12.7 Å². The van der Waals surface area contributed by atoms with Gasteiger partial charge in [-0.15, -0.1) is 0 Å². The summed E-state index contributed by atoms with van der Waals surface area (Å²) in [6.45, 7) is 2.37. The molecule has 7 nitrogen and oxygen atoms in total. The van der Waals surface area contributed by atoms with Gasteiger partial charge in [-0.2, -0.15) is 13.2 Å². The lowest BCUT2D eigenvalue weighted by atomic mass is 10.0. The number of carbonyl (C=O) groups is 1. The minimum absolute atomic E-state index is 0.00728. The van der Waals surface area contributed by atoms with Gasteiger partial charge >= 0.3 is 6.18 Å². The number of rotatable bonds is 2. The molecule has 4 rings (SSSR count). The number of nitrogens with zero attached hydrogens (tertiary/aromatic N) is 5. The van der Waals surface area contributed by atoms with Crippen LogP contribution in [0.15, 0.2) is 30.7 Å². The van der Waals surface area contributed by atoms with E-state index in [1.807, 2.05) is 0 Å². The Bertz CT molecular complexity index is 1100. The van der Waals surface area contributed by atoms with Crippen LogP contribution in [0.4, 0.5) is 17.6 Å². The zero-order chi connectivity index (χ0) is 21.1. The summed E-state index contributed by atoms with van der Waals surface area (Å²) in [5.74, 6) is -1.49. The summed E-state index contributed by atoms with van der Waals surface area (Å²) in [5.41, 5.74) is -2.22. The third kappa shape index (κ3) is 2.96. The first-order valence-electron chi connectivity index (χ1n) is 8.78. The smallest absolute Gasteiger partial charge is 0.374 e. The van der Waals surface area contributed by atoms with Crippen LogP contribution >= 0.6 is 0 Å². The van der Waals surface area contributed by atoms with Crippen molar-refractivity contribution in [2.24, 2.45) is 0 Å². The maximum absolute atomic E-state index is 13.6. The van der Waals surface area contributed by atoms with E-state index in [1.54, 1.807) is 6.92 Å². The van der Waals surface area contributed by atoms with Gasteiger partial charge in [0.2, 0.25) is 5.60 Å². The number of carbonyl (C=O) groups excluding carboxylic acids is 1. The molecule has 1 N–H and O–H groups in total. The Morgan fingerprint density at radius 3 is 2.66 bits per heavy atom. The Labute approximate surface area is 162 Å². The van der Waals surface area contributed by atoms with Crippen molar-refractivity contribution in [1.82, 2.24) is 23.8 Å². The molecule has 1 aliphatic heterocycles. The van der Waals surface area contributed by atoms with Crippen molar-refractivity contribution >= 4 is 11.6 Å². The first-order valence-corrected chi connectivity index (χ1v) is 8.78. The standard InChI is InChI=1S/C18H17F4N5O2/c1-10-7-25(15(28)13-6-23-14-4-3-11(19)8-26(13)14)9-12-5-24-16(27(10)12)17(2,29)18(20,21)22/h3-6,8,10,29H,7,9H2,1-2H3/t10-,17+/m0/s1. The monoisotopic (exact) mass is 411 g/mol. The Balaban J connectivity index is 1.68. The van der Waals surface area contributed by atoms with Crippen molar-refractivity contribution in [3.63, 3.8) is 0 Å². The highest BCUT2D eigenvalue weighted by Gasteiger charge is 2.55. The lowest BCUT2D eigenvalue weighted by Crippen LogP contribution is -2.45. The van der Waals surface area contributed by atoms with Gasteiger partial charge in [-0.25, -0.2) is 14.4 Å². The SMILES string of the molecule is C[C@H]1CN(C(=O)c2cnc3ccc(F)cn23)Cc2cnc([C@@](C)(O)C(F)(F)F)n21. The molecule has 11 heteroatoms. The van der Waals surface area contributed by atoms with Gasteiger partial charge in [-0.1, -0.05) is 0 Å². The average molecular weight is 411 g/mol. The normalized spacial score (nSPS) is 19.3. The van der Waals surface area contributed by atoms with Crippen LogP contribution < -0.4 is 0 Å². The number of hydrogen-bond donors (Lipinski definition) is 1.